The highest BCUT2D eigenvalue weighted by Gasteiger charge is 2.36. The zero-order valence-corrected chi connectivity index (χ0v) is 24.2. The van der Waals surface area contributed by atoms with Crippen molar-refractivity contribution in [2.45, 2.75) is 62.9 Å². The molecule has 3 aliphatic heterocycles. The van der Waals surface area contributed by atoms with Gasteiger partial charge < -0.3 is 15.2 Å². The number of rotatable bonds is 9. The largest absolute Gasteiger partial charge is 0.506 e. The molecule has 3 fully saturated rings. The summed E-state index contributed by atoms with van der Waals surface area (Å²) in [5.74, 6) is 1.94. The van der Waals surface area contributed by atoms with Crippen LogP contribution < -0.4 is 10.1 Å². The number of nitrogens with one attached hydrogen (secondary N) is 1. The van der Waals surface area contributed by atoms with Crippen LogP contribution in [0.25, 0.3) is 0 Å². The van der Waals surface area contributed by atoms with E-state index in [1.807, 2.05) is 18.3 Å². The van der Waals surface area contributed by atoms with Crippen LogP contribution in [0.1, 0.15) is 66.5 Å². The van der Waals surface area contributed by atoms with Crippen molar-refractivity contribution < 1.29 is 19.5 Å². The number of hydrogen-bond acceptors (Lipinski definition) is 8. The third-order valence-corrected chi connectivity index (χ3v) is 8.85. The number of aromatic nitrogens is 2. The molecule has 1 aromatic carbocycles. The lowest BCUT2D eigenvalue weighted by molar-refractivity contribution is -0.212. The molecule has 0 spiro atoms. The van der Waals surface area contributed by atoms with E-state index in [9.17, 15) is 9.90 Å². The summed E-state index contributed by atoms with van der Waals surface area (Å²) in [5, 5.41) is 14.5. The first-order valence-electron chi connectivity index (χ1n) is 15.3. The fourth-order valence-corrected chi connectivity index (χ4v) is 6.34. The topological polar surface area (TPSA) is 100 Å². The van der Waals surface area contributed by atoms with Crippen LogP contribution in [0, 0.1) is 0 Å². The Labute approximate surface area is 247 Å². The summed E-state index contributed by atoms with van der Waals surface area (Å²) in [4.78, 5) is 30.5. The van der Waals surface area contributed by atoms with Crippen molar-refractivity contribution in [3.63, 3.8) is 0 Å². The molecule has 5 heterocycles. The Bertz CT molecular complexity index is 1290. The van der Waals surface area contributed by atoms with Gasteiger partial charge in [0.05, 0.1) is 38.2 Å². The quantitative estimate of drug-likeness (QED) is 0.395. The monoisotopic (exact) mass is 571 g/mol. The number of carbonyl (C=O) groups is 1. The molecule has 2 N–H and O–H groups in total. The number of piperidine rings is 2. The number of ether oxygens (including phenoxy) is 1. The number of nitrogens with zero attached hydrogens (tertiary/aromatic N) is 4. The summed E-state index contributed by atoms with van der Waals surface area (Å²) in [6.45, 7) is 5.40. The zero-order chi connectivity index (χ0) is 28.7. The Morgan fingerprint density at radius 3 is 2.24 bits per heavy atom. The normalized spacial score (nSPS) is 21.0. The van der Waals surface area contributed by atoms with Crippen molar-refractivity contribution in [2.75, 3.05) is 39.4 Å². The van der Waals surface area contributed by atoms with E-state index in [1.54, 1.807) is 11.1 Å². The molecule has 9 heteroatoms. The van der Waals surface area contributed by atoms with Crippen LogP contribution in [0.4, 0.5) is 0 Å². The Hall–Kier alpha value is -3.53. The third-order valence-electron chi connectivity index (χ3n) is 8.85. The fourth-order valence-electron chi connectivity index (χ4n) is 6.34. The van der Waals surface area contributed by atoms with Gasteiger partial charge in [-0.25, -0.2) is 5.06 Å². The highest BCUT2D eigenvalue weighted by molar-refractivity contribution is 5.81. The minimum Gasteiger partial charge on any atom is -0.506 e. The van der Waals surface area contributed by atoms with Gasteiger partial charge in [0.15, 0.2) is 0 Å². The van der Waals surface area contributed by atoms with E-state index in [-0.39, 0.29) is 17.7 Å². The van der Waals surface area contributed by atoms with E-state index >= 15 is 0 Å². The lowest BCUT2D eigenvalue weighted by Crippen LogP contribution is -2.54. The Morgan fingerprint density at radius 1 is 0.857 bits per heavy atom. The van der Waals surface area contributed by atoms with Gasteiger partial charge in [0, 0.05) is 29.6 Å². The lowest BCUT2D eigenvalue weighted by Gasteiger charge is -2.41. The summed E-state index contributed by atoms with van der Waals surface area (Å²) in [7, 11) is 0. The summed E-state index contributed by atoms with van der Waals surface area (Å²) in [5.41, 5.74) is 4.41. The molecule has 0 bridgehead atoms. The van der Waals surface area contributed by atoms with Gasteiger partial charge >= 0.3 is 0 Å². The summed E-state index contributed by atoms with van der Waals surface area (Å²) >= 11 is 0. The molecular weight excluding hydrogens is 530 g/mol. The molecule has 3 aromatic rings. The van der Waals surface area contributed by atoms with E-state index in [0.717, 1.165) is 81.0 Å². The molecule has 42 heavy (non-hydrogen) atoms. The second-order valence-corrected chi connectivity index (χ2v) is 11.6. The maximum Gasteiger partial charge on any atom is 0.263 e. The SMILES string of the molecule is O=C1C(N2CCC(c3ccc(O)cn3)CC2)CCON1Cc1ccc(CCOc2ccc(C3CCNCC3)nc2)cc1. The molecular formula is C33H41N5O4. The Morgan fingerprint density at radius 2 is 1.55 bits per heavy atom. The smallest absolute Gasteiger partial charge is 0.263 e. The highest BCUT2D eigenvalue weighted by Crippen LogP contribution is 2.30. The summed E-state index contributed by atoms with van der Waals surface area (Å²) in [6.07, 6.45) is 9.05. The van der Waals surface area contributed by atoms with Crippen LogP contribution >= 0.6 is 0 Å². The number of amides is 1. The molecule has 1 amide bonds. The van der Waals surface area contributed by atoms with Crippen LogP contribution in [-0.2, 0) is 22.6 Å². The van der Waals surface area contributed by atoms with E-state index in [2.05, 4.69) is 50.5 Å². The first kappa shape index (κ1) is 28.6. The predicted octanol–water partition coefficient (Wildman–Crippen LogP) is 4.18. The van der Waals surface area contributed by atoms with Gasteiger partial charge in [0.25, 0.3) is 5.91 Å². The molecule has 6 rings (SSSR count). The number of pyridine rings is 2. The molecule has 3 saturated heterocycles. The average molecular weight is 572 g/mol. The standard InChI is InChI=1S/C33H41N5O4/c39-28-5-7-30(35-21-28)27-11-17-37(18-12-27)32-14-20-42-38(33(32)40)23-25-3-1-24(2-4-25)13-19-41-29-6-8-31(36-22-29)26-9-15-34-16-10-26/h1-8,21-22,26-27,32,34,39H,9-20,23H2. The molecule has 0 aliphatic carbocycles. The van der Waals surface area contributed by atoms with Crippen molar-refractivity contribution in [2.24, 2.45) is 0 Å². The number of carbonyl (C=O) groups excluding carboxylic acids is 1. The summed E-state index contributed by atoms with van der Waals surface area (Å²) in [6, 6.07) is 15.9. The number of hydrogen-bond donors (Lipinski definition) is 2. The van der Waals surface area contributed by atoms with E-state index in [1.165, 1.54) is 11.8 Å². The molecule has 1 atom stereocenters. The van der Waals surface area contributed by atoms with Crippen LogP contribution in [0.3, 0.4) is 0 Å². The van der Waals surface area contributed by atoms with Crippen molar-refractivity contribution in [3.8, 4) is 11.5 Å². The third kappa shape index (κ3) is 7.09. The maximum atomic E-state index is 13.4. The van der Waals surface area contributed by atoms with Crippen LogP contribution in [0.15, 0.2) is 60.9 Å². The van der Waals surface area contributed by atoms with Crippen molar-refractivity contribution in [1.29, 1.82) is 0 Å². The fraction of sp³-hybridized carbons (Fsp3) is 0.485. The number of benzene rings is 1. The van der Waals surface area contributed by atoms with Gasteiger partial charge in [-0.3, -0.25) is 24.5 Å². The van der Waals surface area contributed by atoms with Crippen molar-refractivity contribution >= 4 is 5.91 Å². The van der Waals surface area contributed by atoms with Crippen molar-refractivity contribution in [1.82, 2.24) is 25.2 Å². The van der Waals surface area contributed by atoms with E-state index in [4.69, 9.17) is 9.57 Å². The van der Waals surface area contributed by atoms with Gasteiger partial charge in [0.1, 0.15) is 11.5 Å². The molecule has 3 aliphatic rings. The predicted molar refractivity (Wildman–Crippen MR) is 159 cm³/mol. The molecule has 0 saturated carbocycles. The van der Waals surface area contributed by atoms with Crippen molar-refractivity contribution in [3.05, 3.63) is 83.4 Å². The summed E-state index contributed by atoms with van der Waals surface area (Å²) < 4.78 is 5.96. The van der Waals surface area contributed by atoms with E-state index in [0.29, 0.717) is 38.0 Å². The van der Waals surface area contributed by atoms with Crippen LogP contribution in [-0.4, -0.2) is 76.4 Å². The minimum absolute atomic E-state index is 0.0414. The van der Waals surface area contributed by atoms with Gasteiger partial charge in [0.2, 0.25) is 0 Å². The second-order valence-electron chi connectivity index (χ2n) is 11.6. The number of likely N-dealkylation sites (tertiary alicyclic amines) is 1. The Kier molecular flexibility index (Phi) is 9.28. The highest BCUT2D eigenvalue weighted by atomic mass is 16.7. The second kappa shape index (κ2) is 13.6. The van der Waals surface area contributed by atoms with E-state index < -0.39 is 0 Å². The van der Waals surface area contributed by atoms with Gasteiger partial charge in [-0.15, -0.1) is 0 Å². The Balaban J connectivity index is 0.949. The lowest BCUT2D eigenvalue weighted by atomic mass is 9.91. The molecule has 1 unspecified atom stereocenters. The maximum absolute atomic E-state index is 13.4. The molecule has 2 aromatic heterocycles. The minimum atomic E-state index is -0.146. The van der Waals surface area contributed by atoms with Gasteiger partial charge in [-0.1, -0.05) is 24.3 Å². The number of hydroxylamine groups is 2. The van der Waals surface area contributed by atoms with Crippen LogP contribution in [0.5, 0.6) is 11.5 Å². The van der Waals surface area contributed by atoms with Gasteiger partial charge in [-0.05, 0) is 93.7 Å². The van der Waals surface area contributed by atoms with Crippen LogP contribution in [0.2, 0.25) is 0 Å². The first-order valence-corrected chi connectivity index (χ1v) is 15.3. The average Bonchev–Trinajstić information content (AvgIpc) is 3.04. The number of aromatic hydroxyl groups is 1. The zero-order valence-electron chi connectivity index (χ0n) is 24.2. The van der Waals surface area contributed by atoms with Gasteiger partial charge in [-0.2, -0.15) is 0 Å². The first-order chi connectivity index (χ1) is 20.6. The molecule has 222 valence electrons. The molecule has 0 radical (unpaired) electrons. The molecule has 9 nitrogen and oxygen atoms in total.